The maximum Gasteiger partial charge on any atom is 0.0720 e. The summed E-state index contributed by atoms with van der Waals surface area (Å²) in [5.41, 5.74) is 5.95. The third-order valence-electron chi connectivity index (χ3n) is 3.39. The summed E-state index contributed by atoms with van der Waals surface area (Å²) in [6.07, 6.45) is 7.08. The summed E-state index contributed by atoms with van der Waals surface area (Å²) < 4.78 is 0. The molecule has 3 rings (SSSR count). The Morgan fingerprint density at radius 3 is 2.84 bits per heavy atom. The Bertz CT molecular complexity index is 640. The van der Waals surface area contributed by atoms with Crippen molar-refractivity contribution in [2.24, 2.45) is 4.99 Å². The lowest BCUT2D eigenvalue weighted by atomic mass is 10.0. The van der Waals surface area contributed by atoms with Crippen LogP contribution in [0.4, 0.5) is 0 Å². The van der Waals surface area contributed by atoms with Gasteiger partial charge in [0.2, 0.25) is 0 Å². The van der Waals surface area contributed by atoms with Crippen LogP contribution in [0.25, 0.3) is 6.08 Å². The molecule has 2 heterocycles. The van der Waals surface area contributed by atoms with Crippen LogP contribution in [0.2, 0.25) is 0 Å². The predicted octanol–water partition coefficient (Wildman–Crippen LogP) is 3.66. The fraction of sp³-hybridized carbons (Fsp3) is 0.176. The number of rotatable bonds is 3. The molecule has 1 aromatic carbocycles. The van der Waals surface area contributed by atoms with E-state index in [1.54, 1.807) is 0 Å². The van der Waals surface area contributed by atoms with Crippen LogP contribution in [0, 0.1) is 0 Å². The third kappa shape index (κ3) is 2.48. The van der Waals surface area contributed by atoms with Crippen LogP contribution in [0.3, 0.4) is 0 Å². The number of benzene rings is 1. The zero-order valence-electron chi connectivity index (χ0n) is 11.0. The van der Waals surface area contributed by atoms with Crippen molar-refractivity contribution in [2.75, 3.05) is 0 Å². The first kappa shape index (κ1) is 11.8. The zero-order chi connectivity index (χ0) is 13.1. The van der Waals surface area contributed by atoms with Crippen LogP contribution in [-0.2, 0) is 13.0 Å². The minimum absolute atomic E-state index is 0.795. The lowest BCUT2D eigenvalue weighted by molar-refractivity contribution is 1.09. The zero-order valence-corrected chi connectivity index (χ0v) is 11.0. The van der Waals surface area contributed by atoms with Gasteiger partial charge in [0.1, 0.15) is 0 Å². The average Bonchev–Trinajstić information content (AvgIpc) is 2.83. The van der Waals surface area contributed by atoms with E-state index in [-0.39, 0.29) is 0 Å². The molecule has 0 saturated heterocycles. The second-order valence-corrected chi connectivity index (χ2v) is 4.72. The first-order valence-electron chi connectivity index (χ1n) is 6.54. The van der Waals surface area contributed by atoms with Crippen LogP contribution in [0.15, 0.2) is 53.7 Å². The second kappa shape index (κ2) is 5.19. The number of hydrogen-bond acceptors (Lipinski definition) is 2. The van der Waals surface area contributed by atoms with E-state index in [2.05, 4.69) is 59.4 Å². The first-order valence-corrected chi connectivity index (χ1v) is 6.54. The highest BCUT2D eigenvalue weighted by atomic mass is 14.8. The van der Waals surface area contributed by atoms with Crippen molar-refractivity contribution in [2.45, 2.75) is 19.9 Å². The van der Waals surface area contributed by atoms with Gasteiger partial charge in [-0.05, 0) is 36.6 Å². The highest BCUT2D eigenvalue weighted by Gasteiger charge is 2.15. The van der Waals surface area contributed by atoms with Crippen LogP contribution in [-0.4, -0.2) is 10.7 Å². The maximum absolute atomic E-state index is 4.47. The number of pyridine rings is 1. The Balaban J connectivity index is 1.81. The van der Waals surface area contributed by atoms with Crippen LogP contribution in [0.5, 0.6) is 0 Å². The largest absolute Gasteiger partial charge is 0.285 e. The molecule has 94 valence electrons. The molecule has 0 unspecified atom stereocenters. The fourth-order valence-corrected chi connectivity index (χ4v) is 2.40. The molecule has 0 bridgehead atoms. The first-order chi connectivity index (χ1) is 9.34. The van der Waals surface area contributed by atoms with Crippen LogP contribution >= 0.6 is 0 Å². The summed E-state index contributed by atoms with van der Waals surface area (Å²) in [7, 11) is 0. The summed E-state index contributed by atoms with van der Waals surface area (Å²) in [6.45, 7) is 2.85. The van der Waals surface area contributed by atoms with E-state index < -0.39 is 0 Å². The number of fused-ring (bicyclic) bond motifs is 1. The van der Waals surface area contributed by atoms with Gasteiger partial charge < -0.3 is 0 Å². The molecule has 0 N–H and O–H groups in total. The van der Waals surface area contributed by atoms with Gasteiger partial charge in [0, 0.05) is 17.5 Å². The van der Waals surface area contributed by atoms with E-state index >= 15 is 0 Å². The molecule has 0 fully saturated rings. The summed E-state index contributed by atoms with van der Waals surface area (Å²) >= 11 is 0. The average molecular weight is 248 g/mol. The molecular formula is C17H16N2. The molecule has 0 saturated carbocycles. The van der Waals surface area contributed by atoms with Crippen molar-refractivity contribution in [3.8, 4) is 0 Å². The molecule has 19 heavy (non-hydrogen) atoms. The summed E-state index contributed by atoms with van der Waals surface area (Å²) in [6, 6.07) is 12.5. The standard InChI is InChI=1S/C17H16N2/c1-13-17-15(12-19-13)10-11-18-16(17)9-5-8-14-6-3-2-4-7-14/h2-7,9-11H,8,12H2,1H3. The van der Waals surface area contributed by atoms with Crippen molar-refractivity contribution in [3.63, 3.8) is 0 Å². The highest BCUT2D eigenvalue weighted by molar-refractivity contribution is 6.04. The van der Waals surface area contributed by atoms with Gasteiger partial charge in [-0.1, -0.05) is 36.4 Å². The Labute approximate surface area is 113 Å². The molecule has 0 aliphatic carbocycles. The predicted molar refractivity (Wildman–Crippen MR) is 79.3 cm³/mol. The lowest BCUT2D eigenvalue weighted by Gasteiger charge is -2.03. The van der Waals surface area contributed by atoms with Gasteiger partial charge in [-0.2, -0.15) is 0 Å². The second-order valence-electron chi connectivity index (χ2n) is 4.72. The Hall–Kier alpha value is -2.22. The van der Waals surface area contributed by atoms with Crippen LogP contribution < -0.4 is 0 Å². The quantitative estimate of drug-likeness (QED) is 0.813. The van der Waals surface area contributed by atoms with Crippen molar-refractivity contribution < 1.29 is 0 Å². The highest BCUT2D eigenvalue weighted by Crippen LogP contribution is 2.22. The van der Waals surface area contributed by atoms with Gasteiger partial charge in [-0.25, -0.2) is 0 Å². The van der Waals surface area contributed by atoms with Crippen molar-refractivity contribution >= 4 is 11.8 Å². The molecule has 1 aliphatic rings. The minimum atomic E-state index is 0.795. The number of aromatic nitrogens is 1. The number of nitrogens with zero attached hydrogens (tertiary/aromatic N) is 2. The van der Waals surface area contributed by atoms with E-state index in [4.69, 9.17) is 0 Å². The van der Waals surface area contributed by atoms with Gasteiger partial charge in [0.25, 0.3) is 0 Å². The molecule has 1 aromatic heterocycles. The van der Waals surface area contributed by atoms with Crippen molar-refractivity contribution in [3.05, 3.63) is 71.1 Å². The van der Waals surface area contributed by atoms with E-state index in [0.717, 1.165) is 24.4 Å². The molecule has 0 spiro atoms. The van der Waals surface area contributed by atoms with Gasteiger partial charge in [0.15, 0.2) is 0 Å². The van der Waals surface area contributed by atoms with E-state index in [9.17, 15) is 0 Å². The Morgan fingerprint density at radius 2 is 2.00 bits per heavy atom. The van der Waals surface area contributed by atoms with Crippen LogP contribution in [0.1, 0.15) is 29.3 Å². The fourth-order valence-electron chi connectivity index (χ4n) is 2.40. The summed E-state index contributed by atoms with van der Waals surface area (Å²) in [4.78, 5) is 8.94. The van der Waals surface area contributed by atoms with Crippen molar-refractivity contribution in [1.82, 2.24) is 4.98 Å². The SMILES string of the molecule is CC1=NCc2ccnc(C=CCc3ccccc3)c21. The topological polar surface area (TPSA) is 25.2 Å². The van der Waals surface area contributed by atoms with Gasteiger partial charge >= 0.3 is 0 Å². The molecule has 0 radical (unpaired) electrons. The molecule has 0 atom stereocenters. The number of aliphatic imine (C=N–C) groups is 1. The number of hydrogen-bond donors (Lipinski definition) is 0. The normalized spacial score (nSPS) is 13.6. The van der Waals surface area contributed by atoms with Crippen molar-refractivity contribution in [1.29, 1.82) is 0 Å². The molecule has 1 aliphatic heterocycles. The Kier molecular flexibility index (Phi) is 3.23. The number of allylic oxidation sites excluding steroid dienone is 1. The van der Waals surface area contributed by atoms with Gasteiger partial charge in [0.05, 0.1) is 12.2 Å². The van der Waals surface area contributed by atoms with Gasteiger partial charge in [-0.15, -0.1) is 0 Å². The molecule has 2 aromatic rings. The molecule has 2 heteroatoms. The smallest absolute Gasteiger partial charge is 0.0720 e. The monoisotopic (exact) mass is 248 g/mol. The third-order valence-corrected chi connectivity index (χ3v) is 3.39. The van der Waals surface area contributed by atoms with E-state index in [0.29, 0.717) is 0 Å². The lowest BCUT2D eigenvalue weighted by Crippen LogP contribution is -1.98. The Morgan fingerprint density at radius 1 is 1.16 bits per heavy atom. The summed E-state index contributed by atoms with van der Waals surface area (Å²) in [5, 5.41) is 0. The van der Waals surface area contributed by atoms with E-state index in [1.807, 2.05) is 12.3 Å². The summed E-state index contributed by atoms with van der Waals surface area (Å²) in [5.74, 6) is 0. The van der Waals surface area contributed by atoms with Gasteiger partial charge in [-0.3, -0.25) is 9.98 Å². The molecular weight excluding hydrogens is 232 g/mol. The minimum Gasteiger partial charge on any atom is -0.285 e. The molecule has 0 amide bonds. The molecule has 2 nitrogen and oxygen atoms in total. The maximum atomic E-state index is 4.47. The van der Waals surface area contributed by atoms with E-state index in [1.165, 1.54) is 16.7 Å².